The first-order chi connectivity index (χ1) is 15.5. The van der Waals surface area contributed by atoms with E-state index in [0.29, 0.717) is 6.04 Å². The normalized spacial score (nSPS) is 17.8. The summed E-state index contributed by atoms with van der Waals surface area (Å²) in [6.45, 7) is 9.21. The van der Waals surface area contributed by atoms with Crippen molar-refractivity contribution >= 4 is 45.9 Å². The van der Waals surface area contributed by atoms with Crippen molar-refractivity contribution in [3.05, 3.63) is 70.6 Å². The topological polar surface area (TPSA) is 25.5 Å². The molecule has 0 radical (unpaired) electrons. The zero-order valence-corrected chi connectivity index (χ0v) is 20.0. The predicted octanol–water partition coefficient (Wildman–Crippen LogP) is 6.34. The van der Waals surface area contributed by atoms with E-state index in [-0.39, 0.29) is 5.82 Å². The number of nitrogens with zero attached hydrogens (tertiary/aromatic N) is 3. The van der Waals surface area contributed by atoms with Crippen molar-refractivity contribution in [2.24, 2.45) is 0 Å². The smallest absolute Gasteiger partial charge is 0.125 e. The first kappa shape index (κ1) is 21.8. The third-order valence-electron chi connectivity index (χ3n) is 6.33. The van der Waals surface area contributed by atoms with Crippen LogP contribution in [0.3, 0.4) is 0 Å². The molecular formula is C25H28ClFN4S. The number of benzene rings is 2. The fraction of sp³-hybridized carbons (Fsp3) is 0.360. The lowest BCUT2D eigenvalue weighted by molar-refractivity contribution is 0.310. The van der Waals surface area contributed by atoms with E-state index in [0.717, 1.165) is 60.8 Å². The van der Waals surface area contributed by atoms with Gasteiger partial charge in [-0.2, -0.15) is 0 Å². The Balaban J connectivity index is 1.27. The van der Waals surface area contributed by atoms with Gasteiger partial charge in [-0.25, -0.2) is 8.70 Å². The second kappa shape index (κ2) is 9.10. The Hall–Kier alpha value is -1.99. The molecule has 2 aromatic carbocycles. The monoisotopic (exact) mass is 470 g/mol. The molecule has 168 valence electrons. The molecule has 0 amide bonds. The van der Waals surface area contributed by atoms with Gasteiger partial charge in [0.05, 0.1) is 10.7 Å². The van der Waals surface area contributed by atoms with Crippen molar-refractivity contribution < 1.29 is 4.39 Å². The third kappa shape index (κ3) is 4.29. The van der Waals surface area contributed by atoms with Gasteiger partial charge < -0.3 is 9.29 Å². The second-order valence-corrected chi connectivity index (χ2v) is 10.3. The molecule has 32 heavy (non-hydrogen) atoms. The van der Waals surface area contributed by atoms with Crippen LogP contribution >= 0.6 is 23.7 Å². The van der Waals surface area contributed by atoms with E-state index in [4.69, 9.17) is 11.6 Å². The summed E-state index contributed by atoms with van der Waals surface area (Å²) >= 11 is 8.39. The molecule has 0 bridgehead atoms. The van der Waals surface area contributed by atoms with E-state index < -0.39 is 0 Å². The number of aromatic nitrogens is 1. The Morgan fingerprint density at radius 2 is 2.06 bits per heavy atom. The van der Waals surface area contributed by atoms with Crippen molar-refractivity contribution in [3.63, 3.8) is 0 Å². The van der Waals surface area contributed by atoms with Crippen LogP contribution in [0.15, 0.2) is 48.7 Å². The van der Waals surface area contributed by atoms with Crippen molar-refractivity contribution in [3.8, 4) is 0 Å². The van der Waals surface area contributed by atoms with Gasteiger partial charge >= 0.3 is 0 Å². The Bertz CT molecular complexity index is 1160. The third-order valence-corrected chi connectivity index (χ3v) is 7.96. The molecule has 0 saturated heterocycles. The number of fused-ring (bicyclic) bond motifs is 2. The summed E-state index contributed by atoms with van der Waals surface area (Å²) in [5.41, 5.74) is 5.85. The van der Waals surface area contributed by atoms with E-state index in [1.54, 1.807) is 18.2 Å². The molecule has 0 unspecified atom stereocenters. The maximum absolute atomic E-state index is 13.5. The quantitative estimate of drug-likeness (QED) is 0.440. The molecule has 1 aromatic heterocycles. The molecule has 2 aliphatic rings. The first-order valence-electron chi connectivity index (χ1n) is 11.2. The number of hydrogen-bond donors (Lipinski definition) is 1. The summed E-state index contributed by atoms with van der Waals surface area (Å²) in [5.74, 6) is -0.206. The van der Waals surface area contributed by atoms with Gasteiger partial charge in [-0.1, -0.05) is 29.8 Å². The predicted molar refractivity (Wildman–Crippen MR) is 134 cm³/mol. The summed E-state index contributed by atoms with van der Waals surface area (Å²) in [5, 5.41) is 1.92. The van der Waals surface area contributed by atoms with Crippen molar-refractivity contribution in [2.45, 2.75) is 32.9 Å². The summed E-state index contributed by atoms with van der Waals surface area (Å²) in [4.78, 5) is 5.70. The van der Waals surface area contributed by atoms with E-state index in [1.807, 2.05) is 24.4 Å². The highest BCUT2D eigenvalue weighted by molar-refractivity contribution is 7.98. The average Bonchev–Trinajstić information content (AvgIpc) is 3.20. The van der Waals surface area contributed by atoms with Gasteiger partial charge in [0.2, 0.25) is 0 Å². The Labute approximate surface area is 198 Å². The lowest BCUT2D eigenvalue weighted by Crippen LogP contribution is -2.40. The van der Waals surface area contributed by atoms with Crippen molar-refractivity contribution in [1.29, 1.82) is 0 Å². The number of halogens is 2. The SMILES string of the molecule is CC(C)N1Cc2cccc(Cl)c2N(CCN2CC=C(c3c[nH]c4cc(F)ccc34)CC2)S1. The molecule has 1 N–H and O–H groups in total. The molecule has 5 rings (SSSR count). The van der Waals surface area contributed by atoms with Crippen LogP contribution in [-0.2, 0) is 6.54 Å². The molecule has 0 spiro atoms. The number of para-hydroxylation sites is 1. The lowest BCUT2D eigenvalue weighted by Gasteiger charge is -2.40. The zero-order chi connectivity index (χ0) is 22.2. The van der Waals surface area contributed by atoms with Crippen molar-refractivity contribution in [1.82, 2.24) is 14.2 Å². The van der Waals surface area contributed by atoms with E-state index in [9.17, 15) is 4.39 Å². The van der Waals surface area contributed by atoms with Crippen LogP contribution in [0.4, 0.5) is 10.1 Å². The number of rotatable bonds is 5. The lowest BCUT2D eigenvalue weighted by atomic mass is 9.99. The van der Waals surface area contributed by atoms with E-state index >= 15 is 0 Å². The molecule has 0 aliphatic carbocycles. The standard InChI is InChI=1S/C25H28ClFN4S/c1-17(2)31-16-19-4-3-5-23(26)25(19)30(32-31)13-12-29-10-8-18(9-11-29)22-15-28-24-14-20(27)6-7-21(22)24/h3-8,14-15,17,28H,9-13,16H2,1-2H3. The molecule has 0 atom stereocenters. The maximum Gasteiger partial charge on any atom is 0.125 e. The minimum atomic E-state index is -0.206. The van der Waals surface area contributed by atoms with Gasteiger partial charge in [0.1, 0.15) is 5.82 Å². The highest BCUT2D eigenvalue weighted by Crippen LogP contribution is 2.41. The van der Waals surface area contributed by atoms with Crippen LogP contribution in [0.25, 0.3) is 16.5 Å². The Morgan fingerprint density at radius 3 is 2.84 bits per heavy atom. The molecule has 4 nitrogen and oxygen atoms in total. The molecule has 3 heterocycles. The largest absolute Gasteiger partial charge is 0.360 e. The zero-order valence-electron chi connectivity index (χ0n) is 18.4. The summed E-state index contributed by atoms with van der Waals surface area (Å²) in [7, 11) is 0. The van der Waals surface area contributed by atoms with Gasteiger partial charge in [0.25, 0.3) is 0 Å². The fourth-order valence-electron chi connectivity index (χ4n) is 4.52. The Morgan fingerprint density at radius 1 is 1.19 bits per heavy atom. The number of anilines is 1. The van der Waals surface area contributed by atoms with Crippen LogP contribution < -0.4 is 4.31 Å². The number of aromatic amines is 1. The van der Waals surface area contributed by atoms with Gasteiger partial charge in [-0.05, 0) is 55.7 Å². The second-order valence-electron chi connectivity index (χ2n) is 8.77. The van der Waals surface area contributed by atoms with E-state index in [2.05, 4.69) is 44.5 Å². The summed E-state index contributed by atoms with van der Waals surface area (Å²) < 4.78 is 18.3. The van der Waals surface area contributed by atoms with Crippen molar-refractivity contribution in [2.75, 3.05) is 30.5 Å². The number of nitrogens with one attached hydrogen (secondary N) is 1. The van der Waals surface area contributed by atoms with Gasteiger partial charge in [-0.15, -0.1) is 0 Å². The van der Waals surface area contributed by atoms with Crippen LogP contribution in [0, 0.1) is 5.82 Å². The fourth-order valence-corrected chi connectivity index (χ4v) is 5.96. The Kier molecular flexibility index (Phi) is 6.21. The molecule has 2 aliphatic heterocycles. The van der Waals surface area contributed by atoms with E-state index in [1.165, 1.54) is 22.8 Å². The molecule has 0 fully saturated rings. The average molecular weight is 471 g/mol. The maximum atomic E-state index is 13.5. The molecule has 7 heteroatoms. The minimum absolute atomic E-state index is 0.206. The molecular weight excluding hydrogens is 443 g/mol. The van der Waals surface area contributed by atoms with Gasteiger partial charge in [0, 0.05) is 73.6 Å². The van der Waals surface area contributed by atoms with Gasteiger partial charge in [0.15, 0.2) is 0 Å². The van der Waals surface area contributed by atoms with Gasteiger partial charge in [-0.3, -0.25) is 4.90 Å². The first-order valence-corrected chi connectivity index (χ1v) is 12.3. The summed E-state index contributed by atoms with van der Waals surface area (Å²) in [6, 6.07) is 11.7. The number of H-pyrrole nitrogens is 1. The molecule has 0 saturated carbocycles. The van der Waals surface area contributed by atoms with Crippen LogP contribution in [0.1, 0.15) is 31.4 Å². The number of hydrogen-bond acceptors (Lipinski definition) is 4. The van der Waals surface area contributed by atoms with Crippen LogP contribution in [0.5, 0.6) is 0 Å². The highest BCUT2D eigenvalue weighted by atomic mass is 35.5. The highest BCUT2D eigenvalue weighted by Gasteiger charge is 2.28. The summed E-state index contributed by atoms with van der Waals surface area (Å²) in [6.07, 6.45) is 5.32. The van der Waals surface area contributed by atoms with Crippen LogP contribution in [0.2, 0.25) is 5.02 Å². The van der Waals surface area contributed by atoms with Crippen LogP contribution in [-0.4, -0.2) is 46.4 Å². The minimum Gasteiger partial charge on any atom is -0.360 e. The molecule has 3 aromatic rings.